The fourth-order valence-corrected chi connectivity index (χ4v) is 1.31. The van der Waals surface area contributed by atoms with Gasteiger partial charge in [-0.3, -0.25) is 10.1 Å². The third kappa shape index (κ3) is 2.11. The summed E-state index contributed by atoms with van der Waals surface area (Å²) in [5, 5.41) is 19.6. The molecule has 0 bridgehead atoms. The molecule has 1 unspecified atom stereocenters. The van der Waals surface area contributed by atoms with Crippen molar-refractivity contribution < 1.29 is 14.4 Å². The Balaban J connectivity index is 3.44. The van der Waals surface area contributed by atoms with Crippen LogP contribution in [0.15, 0.2) is 18.2 Å². The van der Waals surface area contributed by atoms with E-state index in [2.05, 4.69) is 0 Å². The van der Waals surface area contributed by atoms with Gasteiger partial charge in [-0.25, -0.2) is 4.39 Å². The van der Waals surface area contributed by atoms with Crippen LogP contribution in [0.1, 0.15) is 12.5 Å². The first-order valence-corrected chi connectivity index (χ1v) is 4.23. The van der Waals surface area contributed by atoms with Crippen LogP contribution >= 0.6 is 0 Å². The molecule has 0 radical (unpaired) electrons. The average Bonchev–Trinajstić information content (AvgIpc) is 2.17. The predicted octanol–water partition coefficient (Wildman–Crippen LogP) is 0.900. The van der Waals surface area contributed by atoms with Gasteiger partial charge in [-0.1, -0.05) is 6.07 Å². The molecule has 0 heterocycles. The topological polar surface area (TPSA) is 89.4 Å². The molecule has 0 aliphatic carbocycles. The number of aliphatic hydroxyl groups excluding tert-OH is 1. The molecule has 0 amide bonds. The minimum absolute atomic E-state index is 0.280. The van der Waals surface area contributed by atoms with E-state index in [1.807, 2.05) is 0 Å². The summed E-state index contributed by atoms with van der Waals surface area (Å²) < 4.78 is 13.4. The SMILES string of the molecule is CC(N)(CO)c1c(F)cccc1[N+](=O)[O-]. The van der Waals surface area contributed by atoms with Gasteiger partial charge in [0.15, 0.2) is 0 Å². The Kier molecular flexibility index (Phi) is 3.01. The molecule has 1 aromatic rings. The molecule has 6 heteroatoms. The maximum absolute atomic E-state index is 13.4. The van der Waals surface area contributed by atoms with Gasteiger partial charge in [0.2, 0.25) is 0 Å². The number of nitro groups is 1. The van der Waals surface area contributed by atoms with Crippen molar-refractivity contribution in [3.63, 3.8) is 0 Å². The molecular weight excluding hydrogens is 203 g/mol. The normalized spacial score (nSPS) is 14.7. The lowest BCUT2D eigenvalue weighted by atomic mass is 9.92. The van der Waals surface area contributed by atoms with Gasteiger partial charge in [0.25, 0.3) is 5.69 Å². The summed E-state index contributed by atoms with van der Waals surface area (Å²) in [7, 11) is 0. The standard InChI is InChI=1S/C9H11FN2O3/c1-9(11,5-13)8-6(10)3-2-4-7(8)12(14)15/h2-4,13H,5,11H2,1H3. The Labute approximate surface area is 85.5 Å². The van der Waals surface area contributed by atoms with E-state index >= 15 is 0 Å². The second-order valence-corrected chi connectivity index (χ2v) is 3.47. The first-order valence-electron chi connectivity index (χ1n) is 4.23. The van der Waals surface area contributed by atoms with E-state index in [0.717, 1.165) is 12.1 Å². The minimum atomic E-state index is -1.46. The first-order chi connectivity index (χ1) is 6.90. The second-order valence-electron chi connectivity index (χ2n) is 3.47. The molecule has 0 saturated carbocycles. The highest BCUT2D eigenvalue weighted by atomic mass is 19.1. The van der Waals surface area contributed by atoms with Crippen molar-refractivity contribution in [2.45, 2.75) is 12.5 Å². The Morgan fingerprint density at radius 2 is 2.27 bits per heavy atom. The number of hydrogen-bond donors (Lipinski definition) is 2. The maximum atomic E-state index is 13.4. The van der Waals surface area contributed by atoms with Crippen molar-refractivity contribution in [3.8, 4) is 0 Å². The average molecular weight is 214 g/mol. The number of nitrogens with zero attached hydrogens (tertiary/aromatic N) is 1. The van der Waals surface area contributed by atoms with Gasteiger partial charge >= 0.3 is 0 Å². The zero-order chi connectivity index (χ0) is 11.6. The van der Waals surface area contributed by atoms with Gasteiger partial charge in [0.05, 0.1) is 22.6 Å². The summed E-state index contributed by atoms with van der Waals surface area (Å²) in [6, 6.07) is 3.45. The zero-order valence-electron chi connectivity index (χ0n) is 8.11. The molecule has 1 aromatic carbocycles. The number of benzene rings is 1. The largest absolute Gasteiger partial charge is 0.394 e. The van der Waals surface area contributed by atoms with Crippen molar-refractivity contribution in [3.05, 3.63) is 39.7 Å². The smallest absolute Gasteiger partial charge is 0.277 e. The van der Waals surface area contributed by atoms with Crippen LogP contribution in [0.4, 0.5) is 10.1 Å². The third-order valence-electron chi connectivity index (χ3n) is 2.09. The number of halogens is 1. The van der Waals surface area contributed by atoms with Crippen LogP contribution in [0.5, 0.6) is 0 Å². The van der Waals surface area contributed by atoms with E-state index in [1.165, 1.54) is 13.0 Å². The molecule has 1 rings (SSSR count). The van der Waals surface area contributed by atoms with E-state index in [9.17, 15) is 14.5 Å². The summed E-state index contributed by atoms with van der Waals surface area (Å²) in [6.45, 7) is 0.757. The van der Waals surface area contributed by atoms with Crippen LogP contribution in [0.2, 0.25) is 0 Å². The van der Waals surface area contributed by atoms with Gasteiger partial charge < -0.3 is 10.8 Å². The Hall–Kier alpha value is -1.53. The summed E-state index contributed by atoms with van der Waals surface area (Å²) >= 11 is 0. The molecule has 0 fully saturated rings. The molecule has 82 valence electrons. The van der Waals surface area contributed by atoms with E-state index in [0.29, 0.717) is 0 Å². The van der Waals surface area contributed by atoms with E-state index < -0.39 is 28.6 Å². The highest BCUT2D eigenvalue weighted by molar-refractivity contribution is 5.45. The predicted molar refractivity (Wildman–Crippen MR) is 51.7 cm³/mol. The number of hydrogen-bond acceptors (Lipinski definition) is 4. The molecule has 0 spiro atoms. The highest BCUT2D eigenvalue weighted by Gasteiger charge is 2.32. The molecule has 1 atom stereocenters. The molecule has 0 saturated heterocycles. The van der Waals surface area contributed by atoms with Crippen LogP contribution in [0, 0.1) is 15.9 Å². The van der Waals surface area contributed by atoms with Crippen molar-refractivity contribution in [2.24, 2.45) is 5.73 Å². The Morgan fingerprint density at radius 1 is 1.67 bits per heavy atom. The number of nitrogens with two attached hydrogens (primary N) is 1. The van der Waals surface area contributed by atoms with Gasteiger partial charge in [0, 0.05) is 6.07 Å². The molecular formula is C9H11FN2O3. The number of nitro benzene ring substituents is 1. The van der Waals surface area contributed by atoms with Gasteiger partial charge in [-0.05, 0) is 13.0 Å². The molecule has 3 N–H and O–H groups in total. The fraction of sp³-hybridized carbons (Fsp3) is 0.333. The van der Waals surface area contributed by atoms with Gasteiger partial charge in [0.1, 0.15) is 5.82 Å². The Morgan fingerprint density at radius 3 is 2.73 bits per heavy atom. The maximum Gasteiger partial charge on any atom is 0.277 e. The molecule has 5 nitrogen and oxygen atoms in total. The molecule has 0 aliphatic heterocycles. The monoisotopic (exact) mass is 214 g/mol. The molecule has 0 aliphatic rings. The summed E-state index contributed by atoms with van der Waals surface area (Å²) in [6.07, 6.45) is 0. The van der Waals surface area contributed by atoms with Crippen molar-refractivity contribution in [1.29, 1.82) is 0 Å². The van der Waals surface area contributed by atoms with Crippen LogP contribution in [0.25, 0.3) is 0 Å². The summed E-state index contributed by atoms with van der Waals surface area (Å²) in [4.78, 5) is 9.92. The van der Waals surface area contributed by atoms with Crippen molar-refractivity contribution in [1.82, 2.24) is 0 Å². The molecule has 15 heavy (non-hydrogen) atoms. The van der Waals surface area contributed by atoms with E-state index in [4.69, 9.17) is 10.8 Å². The minimum Gasteiger partial charge on any atom is -0.394 e. The number of rotatable bonds is 3. The van der Waals surface area contributed by atoms with E-state index in [-0.39, 0.29) is 5.56 Å². The number of aliphatic hydroxyl groups is 1. The summed E-state index contributed by atoms with van der Waals surface area (Å²) in [5.41, 5.74) is 3.42. The van der Waals surface area contributed by atoms with Crippen LogP contribution in [0.3, 0.4) is 0 Å². The first kappa shape index (κ1) is 11.5. The second kappa shape index (κ2) is 3.92. The van der Waals surface area contributed by atoms with Crippen molar-refractivity contribution >= 4 is 5.69 Å². The molecule has 0 aromatic heterocycles. The lowest BCUT2D eigenvalue weighted by molar-refractivity contribution is -0.386. The third-order valence-corrected chi connectivity index (χ3v) is 2.09. The van der Waals surface area contributed by atoms with Crippen LogP contribution in [-0.2, 0) is 5.54 Å². The summed E-state index contributed by atoms with van der Waals surface area (Å²) in [5.74, 6) is -0.789. The quantitative estimate of drug-likeness (QED) is 0.577. The van der Waals surface area contributed by atoms with E-state index in [1.54, 1.807) is 0 Å². The van der Waals surface area contributed by atoms with Crippen LogP contribution < -0.4 is 5.73 Å². The van der Waals surface area contributed by atoms with Gasteiger partial charge in [-0.15, -0.1) is 0 Å². The highest BCUT2D eigenvalue weighted by Crippen LogP contribution is 2.29. The zero-order valence-corrected chi connectivity index (χ0v) is 8.11. The van der Waals surface area contributed by atoms with Crippen LogP contribution in [-0.4, -0.2) is 16.6 Å². The lowest BCUT2D eigenvalue weighted by Crippen LogP contribution is -2.38. The van der Waals surface area contributed by atoms with Gasteiger partial charge in [-0.2, -0.15) is 0 Å². The fourth-order valence-electron chi connectivity index (χ4n) is 1.31. The Bertz CT molecular complexity index is 393. The van der Waals surface area contributed by atoms with Crippen molar-refractivity contribution in [2.75, 3.05) is 6.61 Å². The lowest BCUT2D eigenvalue weighted by Gasteiger charge is -2.22.